The molecule has 0 spiro atoms. The van der Waals surface area contributed by atoms with E-state index in [1.54, 1.807) is 0 Å². The van der Waals surface area contributed by atoms with Crippen LogP contribution in [0.25, 0.3) is 0 Å². The van der Waals surface area contributed by atoms with Gasteiger partial charge in [0, 0.05) is 0 Å². The first-order chi connectivity index (χ1) is 9.04. The quantitative estimate of drug-likeness (QED) is 0.501. The van der Waals surface area contributed by atoms with Gasteiger partial charge >= 0.3 is 18.0 Å². The van der Waals surface area contributed by atoms with E-state index in [-0.39, 0.29) is 0 Å². The largest absolute Gasteiger partial charge is 0.455 e. The lowest BCUT2D eigenvalue weighted by molar-refractivity contribution is -0.396. The number of hydrogen-bond acceptors (Lipinski definition) is 4. The van der Waals surface area contributed by atoms with Crippen molar-refractivity contribution in [3.05, 3.63) is 22.5 Å². The van der Waals surface area contributed by atoms with Crippen molar-refractivity contribution in [3.8, 4) is 0 Å². The Morgan fingerprint density at radius 2 is 2.00 bits per heavy atom. The third-order valence-corrected chi connectivity index (χ3v) is 2.09. The van der Waals surface area contributed by atoms with Gasteiger partial charge in [0.1, 0.15) is 12.4 Å². The second-order valence-electron chi connectivity index (χ2n) is 3.59. The maximum atomic E-state index is 12.5. The van der Waals surface area contributed by atoms with E-state index in [9.17, 15) is 36.9 Å². The van der Waals surface area contributed by atoms with Crippen LogP contribution in [0.15, 0.2) is 12.4 Å². The van der Waals surface area contributed by atoms with Crippen molar-refractivity contribution >= 4 is 11.9 Å². The van der Waals surface area contributed by atoms with Gasteiger partial charge in [0.25, 0.3) is 5.91 Å². The van der Waals surface area contributed by atoms with Gasteiger partial charge in [-0.05, 0) is 4.92 Å². The number of carbonyl (C=O) groups is 1. The monoisotopic (exact) mass is 299 g/mol. The Morgan fingerprint density at radius 3 is 2.50 bits per heavy atom. The van der Waals surface area contributed by atoms with Gasteiger partial charge in [-0.1, -0.05) is 4.98 Å². The predicted octanol–water partition coefficient (Wildman–Crippen LogP) is 1.11. The Balaban J connectivity index is 2.61. The highest BCUT2D eigenvalue weighted by molar-refractivity contribution is 5.76. The number of hydrogen-bond donors (Lipinski definition) is 1. The highest BCUT2D eigenvalue weighted by Crippen LogP contribution is 2.34. The van der Waals surface area contributed by atoms with Crippen molar-refractivity contribution < 1.29 is 31.7 Å². The number of rotatable bonds is 5. The first-order valence-corrected chi connectivity index (χ1v) is 4.91. The third-order valence-electron chi connectivity index (χ3n) is 2.09. The van der Waals surface area contributed by atoms with Gasteiger partial charge in [0.2, 0.25) is 0 Å². The van der Waals surface area contributed by atoms with Crippen LogP contribution in [-0.2, 0) is 11.3 Å². The average molecular weight is 299 g/mol. The van der Waals surface area contributed by atoms with Crippen molar-refractivity contribution in [2.24, 2.45) is 0 Å². The second kappa shape index (κ2) is 5.38. The van der Waals surface area contributed by atoms with Gasteiger partial charge in [-0.25, -0.2) is 4.57 Å². The molecular weight excluding hydrogens is 292 g/mol. The fourth-order valence-electron chi connectivity index (χ4n) is 1.12. The number of alkyl halides is 5. The Kier molecular flexibility index (Phi) is 4.25. The maximum absolute atomic E-state index is 12.5. The van der Waals surface area contributed by atoms with E-state index >= 15 is 0 Å². The number of amides is 1. The Labute approximate surface area is 107 Å². The number of nitro groups is 1. The van der Waals surface area contributed by atoms with Crippen LogP contribution in [0.3, 0.4) is 0 Å². The van der Waals surface area contributed by atoms with Gasteiger partial charge in [0.05, 0.1) is 6.54 Å². The molecular formula is C8H7F5N4O3. The molecule has 0 radical (unpaired) electrons. The van der Waals surface area contributed by atoms with E-state index in [1.807, 2.05) is 0 Å². The van der Waals surface area contributed by atoms with Crippen molar-refractivity contribution in [2.45, 2.75) is 18.6 Å². The highest BCUT2D eigenvalue weighted by Gasteiger charge is 2.57. The Morgan fingerprint density at radius 1 is 1.40 bits per heavy atom. The standard InChI is InChI=1S/C8H7F5N4O3/c9-7(10,8(11,12)13)4-15-5(18)3-16-2-1-14-6(16)17(19)20/h1-2H,3-4H2,(H,15,18)/i11-1,12-1,13-1. The number of nitrogens with zero attached hydrogens (tertiary/aromatic N) is 3. The molecule has 0 bridgehead atoms. The van der Waals surface area contributed by atoms with Crippen molar-refractivity contribution in [2.75, 3.05) is 6.54 Å². The van der Waals surface area contributed by atoms with Gasteiger partial charge in [0.15, 0.2) is 6.54 Å². The minimum atomic E-state index is -5.79. The lowest BCUT2D eigenvalue weighted by Crippen LogP contribution is -2.47. The fourth-order valence-corrected chi connectivity index (χ4v) is 1.12. The zero-order valence-corrected chi connectivity index (χ0v) is 9.53. The summed E-state index contributed by atoms with van der Waals surface area (Å²) in [5.74, 6) is -7.05. The van der Waals surface area contributed by atoms with E-state index in [1.165, 1.54) is 5.32 Å². The molecule has 7 nitrogen and oxygen atoms in total. The molecule has 0 aliphatic rings. The molecule has 1 aromatic rings. The molecule has 0 saturated carbocycles. The molecule has 1 rings (SSSR count). The fraction of sp³-hybridized carbons (Fsp3) is 0.500. The summed E-state index contributed by atoms with van der Waals surface area (Å²) in [6, 6.07) is 0. The molecule has 1 aromatic heterocycles. The van der Waals surface area contributed by atoms with E-state index in [0.29, 0.717) is 4.57 Å². The SMILES string of the molecule is O=C(Cn1ccnc1[N+](=O)[O-])NCC(F)(F)C([18F])([18F])[18F]. The molecule has 12 heteroatoms. The predicted molar refractivity (Wildman–Crippen MR) is 52.9 cm³/mol. The summed E-state index contributed by atoms with van der Waals surface area (Å²) < 4.78 is 61.2. The minimum Gasteiger partial charge on any atom is -0.390 e. The van der Waals surface area contributed by atoms with E-state index in [2.05, 4.69) is 4.98 Å². The molecule has 0 atom stereocenters. The summed E-state index contributed by atoms with van der Waals surface area (Å²) in [6.45, 7) is -2.75. The van der Waals surface area contributed by atoms with Gasteiger partial charge in [-0.15, -0.1) is 0 Å². The van der Waals surface area contributed by atoms with Gasteiger partial charge < -0.3 is 15.4 Å². The summed E-state index contributed by atoms with van der Waals surface area (Å²) in [7, 11) is 0. The number of halogens is 5. The van der Waals surface area contributed by atoms with Gasteiger partial charge in [-0.2, -0.15) is 22.0 Å². The zero-order chi connectivity index (χ0) is 15.6. The molecule has 1 heterocycles. The summed E-state index contributed by atoms with van der Waals surface area (Å²) in [5, 5.41) is 11.8. The minimum absolute atomic E-state index is 0.696. The molecule has 20 heavy (non-hydrogen) atoms. The first-order valence-electron chi connectivity index (χ1n) is 4.91. The van der Waals surface area contributed by atoms with Crippen molar-refractivity contribution in [1.29, 1.82) is 0 Å². The van der Waals surface area contributed by atoms with Crippen LogP contribution in [0, 0.1) is 10.1 Å². The molecule has 0 unspecified atom stereocenters. The number of nitrogens with one attached hydrogen (secondary N) is 1. The summed E-state index contributed by atoms with van der Waals surface area (Å²) in [6.07, 6.45) is -3.80. The Hall–Kier alpha value is -2.27. The van der Waals surface area contributed by atoms with E-state index in [4.69, 9.17) is 0 Å². The normalized spacial score (nSPS) is 12.2. The molecule has 0 fully saturated rings. The summed E-state index contributed by atoms with van der Waals surface area (Å²) in [5.41, 5.74) is 0. The lowest BCUT2D eigenvalue weighted by atomic mass is 10.3. The second-order valence-corrected chi connectivity index (χ2v) is 3.59. The molecule has 0 aliphatic heterocycles. The van der Waals surface area contributed by atoms with Crippen LogP contribution < -0.4 is 5.32 Å². The number of carbonyl (C=O) groups excluding carboxylic acids is 1. The zero-order valence-electron chi connectivity index (χ0n) is 9.53. The Bertz CT molecular complexity index is 512. The third kappa shape index (κ3) is 3.61. The smallest absolute Gasteiger partial charge is 0.390 e. The van der Waals surface area contributed by atoms with Crippen molar-refractivity contribution in [3.63, 3.8) is 0 Å². The van der Waals surface area contributed by atoms with Crippen LogP contribution in [-0.4, -0.2) is 39.0 Å². The van der Waals surface area contributed by atoms with Crippen LogP contribution in [0.5, 0.6) is 0 Å². The van der Waals surface area contributed by atoms with Crippen LogP contribution in [0.2, 0.25) is 0 Å². The lowest BCUT2D eigenvalue weighted by Gasteiger charge is -2.19. The summed E-state index contributed by atoms with van der Waals surface area (Å²) >= 11 is 0. The summed E-state index contributed by atoms with van der Waals surface area (Å²) in [4.78, 5) is 24.0. The number of aromatic nitrogens is 2. The average Bonchev–Trinajstić information content (AvgIpc) is 2.73. The molecule has 1 amide bonds. The van der Waals surface area contributed by atoms with Crippen LogP contribution in [0.1, 0.15) is 0 Å². The molecule has 0 aliphatic carbocycles. The van der Waals surface area contributed by atoms with Crippen LogP contribution >= 0.6 is 0 Å². The molecule has 0 aromatic carbocycles. The van der Waals surface area contributed by atoms with Crippen molar-refractivity contribution in [1.82, 2.24) is 14.9 Å². The van der Waals surface area contributed by atoms with E-state index < -0.39 is 42.0 Å². The topological polar surface area (TPSA) is 90.1 Å². The maximum Gasteiger partial charge on any atom is 0.455 e. The molecule has 112 valence electrons. The van der Waals surface area contributed by atoms with Gasteiger partial charge in [-0.3, -0.25) is 4.79 Å². The molecule has 0 saturated heterocycles. The highest BCUT2D eigenvalue weighted by atomic mass is 19.3. The van der Waals surface area contributed by atoms with E-state index in [0.717, 1.165) is 12.4 Å². The number of imidazole rings is 1. The first kappa shape index (κ1) is 15.8. The van der Waals surface area contributed by atoms with Crippen LogP contribution in [0.4, 0.5) is 27.9 Å². The molecule has 1 N–H and O–H groups in total.